The summed E-state index contributed by atoms with van der Waals surface area (Å²) in [4.78, 5) is 4.39. The first-order valence-electron chi connectivity index (χ1n) is 8.94. The van der Waals surface area contributed by atoms with E-state index in [1.54, 1.807) is 31.4 Å². The Bertz CT molecular complexity index is 910. The molecule has 0 radical (unpaired) electrons. The number of benzene rings is 2. The van der Waals surface area contributed by atoms with Crippen LogP contribution in [0.15, 0.2) is 48.7 Å². The van der Waals surface area contributed by atoms with E-state index in [0.29, 0.717) is 12.1 Å². The molecule has 1 heterocycles. The zero-order valence-corrected chi connectivity index (χ0v) is 16.0. The van der Waals surface area contributed by atoms with E-state index in [0.717, 1.165) is 27.6 Å². The highest BCUT2D eigenvalue weighted by Gasteiger charge is 2.31. The maximum absolute atomic E-state index is 12.3. The van der Waals surface area contributed by atoms with Crippen molar-refractivity contribution in [3.63, 3.8) is 0 Å². The molecule has 0 amide bonds. The van der Waals surface area contributed by atoms with Crippen LogP contribution in [0, 0.1) is 0 Å². The van der Waals surface area contributed by atoms with Crippen LogP contribution in [-0.4, -0.2) is 23.5 Å². The quantitative estimate of drug-likeness (QED) is 0.639. The lowest BCUT2D eigenvalue weighted by Gasteiger charge is -2.15. The van der Waals surface area contributed by atoms with Gasteiger partial charge in [-0.1, -0.05) is 32.0 Å². The number of ether oxygens (including phenoxy) is 1. The Morgan fingerprint density at radius 1 is 1.11 bits per heavy atom. The summed E-state index contributed by atoms with van der Waals surface area (Å²) in [5, 5.41) is 13.6. The van der Waals surface area contributed by atoms with E-state index in [9.17, 15) is 18.3 Å². The van der Waals surface area contributed by atoms with Crippen molar-refractivity contribution in [2.45, 2.75) is 33.4 Å². The number of hydrogen-bond donors (Lipinski definition) is 2. The molecule has 2 aromatic carbocycles. The van der Waals surface area contributed by atoms with E-state index in [2.05, 4.69) is 15.0 Å². The van der Waals surface area contributed by atoms with E-state index in [1.165, 1.54) is 12.1 Å². The van der Waals surface area contributed by atoms with Gasteiger partial charge in [0.1, 0.15) is 5.75 Å². The smallest absolute Gasteiger partial charge is 0.406 e. The zero-order chi connectivity index (χ0) is 20.7. The van der Waals surface area contributed by atoms with Crippen molar-refractivity contribution < 1.29 is 23.0 Å². The Morgan fingerprint density at radius 3 is 2.36 bits per heavy atom. The number of aliphatic hydroxyl groups excluding tert-OH is 1. The maximum Gasteiger partial charge on any atom is 0.573 e. The predicted molar refractivity (Wildman–Crippen MR) is 104 cm³/mol. The van der Waals surface area contributed by atoms with Gasteiger partial charge >= 0.3 is 6.36 Å². The van der Waals surface area contributed by atoms with Crippen LogP contribution in [0.4, 0.5) is 13.2 Å². The van der Waals surface area contributed by atoms with Crippen molar-refractivity contribution in [2.24, 2.45) is 0 Å². The minimum absolute atomic E-state index is 0.150. The Labute approximate surface area is 162 Å². The highest BCUT2D eigenvalue weighted by atomic mass is 19.4. The molecule has 7 heteroatoms. The number of nitrogens with one attached hydrogen (secondary N) is 1. The standard InChI is InChI=1S/C19H17F3N2O2.C2H6/c1-23-10-13-9-16(15-3-2-8-24-18(15)17(13)11-25)12-4-6-14(7-5-12)26-19(20,21)22;1-2/h2-9,23,25H,10-11H2,1H3;1-2H3. The van der Waals surface area contributed by atoms with Crippen LogP contribution in [0.5, 0.6) is 5.75 Å². The first-order chi connectivity index (χ1) is 13.4. The van der Waals surface area contributed by atoms with Crippen molar-refractivity contribution in [1.29, 1.82) is 0 Å². The summed E-state index contributed by atoms with van der Waals surface area (Å²) in [5.41, 5.74) is 3.85. The Morgan fingerprint density at radius 2 is 1.79 bits per heavy atom. The zero-order valence-electron chi connectivity index (χ0n) is 16.0. The van der Waals surface area contributed by atoms with Gasteiger partial charge in [0.05, 0.1) is 12.1 Å². The molecule has 1 aromatic heterocycles. The van der Waals surface area contributed by atoms with E-state index in [4.69, 9.17) is 0 Å². The van der Waals surface area contributed by atoms with Gasteiger partial charge in [-0.05, 0) is 48.0 Å². The molecule has 0 saturated heterocycles. The minimum Gasteiger partial charge on any atom is -0.406 e. The van der Waals surface area contributed by atoms with Crippen molar-refractivity contribution in [1.82, 2.24) is 10.3 Å². The van der Waals surface area contributed by atoms with Crippen molar-refractivity contribution >= 4 is 10.9 Å². The number of rotatable bonds is 5. The highest BCUT2D eigenvalue weighted by Crippen LogP contribution is 2.34. The molecular formula is C21H23F3N2O2. The van der Waals surface area contributed by atoms with Gasteiger partial charge in [-0.3, -0.25) is 4.98 Å². The third kappa shape index (κ3) is 4.99. The van der Waals surface area contributed by atoms with Crippen LogP contribution in [0.25, 0.3) is 22.0 Å². The number of fused-ring (bicyclic) bond motifs is 1. The monoisotopic (exact) mass is 392 g/mol. The molecular weight excluding hydrogens is 369 g/mol. The predicted octanol–water partition coefficient (Wildman–Crippen LogP) is 5.04. The lowest BCUT2D eigenvalue weighted by atomic mass is 9.94. The average molecular weight is 392 g/mol. The summed E-state index contributed by atoms with van der Waals surface area (Å²) in [5.74, 6) is -0.272. The maximum atomic E-state index is 12.3. The Balaban J connectivity index is 0.00000136. The molecule has 3 aromatic rings. The molecule has 3 rings (SSSR count). The number of hydrogen-bond acceptors (Lipinski definition) is 4. The summed E-state index contributed by atoms with van der Waals surface area (Å²) in [7, 11) is 1.80. The molecule has 2 N–H and O–H groups in total. The first-order valence-corrected chi connectivity index (χ1v) is 8.94. The van der Waals surface area contributed by atoms with Gasteiger partial charge in [-0.15, -0.1) is 13.2 Å². The number of nitrogens with zero attached hydrogens (tertiary/aromatic N) is 1. The van der Waals surface area contributed by atoms with Gasteiger partial charge in [0.15, 0.2) is 0 Å². The molecule has 0 aliphatic heterocycles. The van der Waals surface area contributed by atoms with Crippen LogP contribution in [0.1, 0.15) is 25.0 Å². The second-order valence-corrected chi connectivity index (χ2v) is 5.72. The molecule has 150 valence electrons. The van der Waals surface area contributed by atoms with Crippen molar-refractivity contribution in [2.75, 3.05) is 7.05 Å². The van der Waals surface area contributed by atoms with Gasteiger partial charge in [0, 0.05) is 23.7 Å². The summed E-state index contributed by atoms with van der Waals surface area (Å²) in [6, 6.07) is 11.3. The fourth-order valence-electron chi connectivity index (χ4n) is 2.95. The lowest BCUT2D eigenvalue weighted by Crippen LogP contribution is -2.16. The molecule has 0 bridgehead atoms. The lowest BCUT2D eigenvalue weighted by molar-refractivity contribution is -0.274. The normalized spacial score (nSPS) is 11.1. The van der Waals surface area contributed by atoms with Crippen LogP contribution < -0.4 is 10.1 Å². The SMILES string of the molecule is CC.CNCc1cc(-c2ccc(OC(F)(F)F)cc2)c2cccnc2c1CO. The fourth-order valence-corrected chi connectivity index (χ4v) is 2.95. The van der Waals surface area contributed by atoms with E-state index < -0.39 is 6.36 Å². The average Bonchev–Trinajstić information content (AvgIpc) is 2.68. The molecule has 0 aliphatic carbocycles. The van der Waals surface area contributed by atoms with Gasteiger partial charge in [0.2, 0.25) is 0 Å². The molecule has 0 spiro atoms. The summed E-state index contributed by atoms with van der Waals surface area (Å²) in [6.45, 7) is 4.38. The molecule has 0 aliphatic rings. The molecule has 0 saturated carbocycles. The third-order valence-corrected chi connectivity index (χ3v) is 4.01. The van der Waals surface area contributed by atoms with Crippen molar-refractivity contribution in [3.8, 4) is 16.9 Å². The van der Waals surface area contributed by atoms with Crippen LogP contribution >= 0.6 is 0 Å². The number of halogens is 3. The number of pyridine rings is 1. The number of aromatic nitrogens is 1. The summed E-state index contributed by atoms with van der Waals surface area (Å²) >= 11 is 0. The molecule has 0 fully saturated rings. The van der Waals surface area contributed by atoms with E-state index in [1.807, 2.05) is 26.0 Å². The molecule has 0 atom stereocenters. The van der Waals surface area contributed by atoms with Crippen LogP contribution in [-0.2, 0) is 13.2 Å². The second-order valence-electron chi connectivity index (χ2n) is 5.72. The van der Waals surface area contributed by atoms with E-state index in [-0.39, 0.29) is 12.4 Å². The summed E-state index contributed by atoms with van der Waals surface area (Å²) < 4.78 is 40.9. The molecule has 0 unspecified atom stereocenters. The molecule has 4 nitrogen and oxygen atoms in total. The summed E-state index contributed by atoms with van der Waals surface area (Å²) in [6.07, 6.45) is -3.07. The van der Waals surface area contributed by atoms with Gasteiger partial charge in [-0.25, -0.2) is 0 Å². The van der Waals surface area contributed by atoms with Crippen molar-refractivity contribution in [3.05, 3.63) is 59.8 Å². The largest absolute Gasteiger partial charge is 0.573 e. The van der Waals surface area contributed by atoms with Crippen LogP contribution in [0.3, 0.4) is 0 Å². The first kappa shape index (κ1) is 21.7. The topological polar surface area (TPSA) is 54.4 Å². The fraction of sp³-hybridized carbons (Fsp3) is 0.286. The van der Waals surface area contributed by atoms with Crippen LogP contribution in [0.2, 0.25) is 0 Å². The second kappa shape index (κ2) is 9.52. The minimum atomic E-state index is -4.72. The highest BCUT2D eigenvalue weighted by molar-refractivity contribution is 5.97. The van der Waals surface area contributed by atoms with E-state index >= 15 is 0 Å². The molecule has 28 heavy (non-hydrogen) atoms. The number of aliphatic hydroxyl groups is 1. The number of alkyl halides is 3. The Hall–Kier alpha value is -2.64. The Kier molecular flexibility index (Phi) is 7.37. The van der Waals surface area contributed by atoms with Gasteiger partial charge < -0.3 is 15.2 Å². The van der Waals surface area contributed by atoms with Gasteiger partial charge in [-0.2, -0.15) is 0 Å². The third-order valence-electron chi connectivity index (χ3n) is 4.01. The van der Waals surface area contributed by atoms with Gasteiger partial charge in [0.25, 0.3) is 0 Å².